The molecule has 0 aromatic heterocycles. The van der Waals surface area contributed by atoms with Crippen molar-refractivity contribution < 1.29 is 5.11 Å². The lowest BCUT2D eigenvalue weighted by atomic mass is 9.85. The zero-order chi connectivity index (χ0) is 11.4. The van der Waals surface area contributed by atoms with Gasteiger partial charge in [0.15, 0.2) is 0 Å². The third-order valence-corrected chi connectivity index (χ3v) is 4.30. The van der Waals surface area contributed by atoms with Gasteiger partial charge < -0.3 is 5.11 Å². The van der Waals surface area contributed by atoms with Crippen molar-refractivity contribution in [3.63, 3.8) is 0 Å². The number of aliphatic hydroxyl groups excluding tert-OH is 1. The first-order chi connectivity index (χ1) is 7.75. The SMILES string of the molecule is O[C@H](C#C[C@H]1CCC(Cl)C1)C1CCCCC1. The molecule has 2 aliphatic rings. The molecule has 0 saturated heterocycles. The Bertz CT molecular complexity index is 272. The topological polar surface area (TPSA) is 20.2 Å². The minimum Gasteiger partial charge on any atom is -0.380 e. The second-order valence-electron chi connectivity index (χ2n) is 5.24. The zero-order valence-corrected chi connectivity index (χ0v) is 10.5. The summed E-state index contributed by atoms with van der Waals surface area (Å²) < 4.78 is 0. The van der Waals surface area contributed by atoms with Crippen LogP contribution in [0.3, 0.4) is 0 Å². The average Bonchev–Trinajstić information content (AvgIpc) is 2.73. The largest absolute Gasteiger partial charge is 0.380 e. The maximum Gasteiger partial charge on any atom is 0.117 e. The van der Waals surface area contributed by atoms with Gasteiger partial charge in [0.2, 0.25) is 0 Å². The van der Waals surface area contributed by atoms with Crippen molar-refractivity contribution in [1.82, 2.24) is 0 Å². The molecule has 0 amide bonds. The number of rotatable bonds is 1. The van der Waals surface area contributed by atoms with Crippen molar-refractivity contribution >= 4 is 11.6 Å². The van der Waals surface area contributed by atoms with E-state index >= 15 is 0 Å². The third kappa shape index (κ3) is 3.40. The van der Waals surface area contributed by atoms with E-state index in [0.717, 1.165) is 32.1 Å². The summed E-state index contributed by atoms with van der Waals surface area (Å²) in [6, 6.07) is 0. The number of hydrogen-bond donors (Lipinski definition) is 1. The van der Waals surface area contributed by atoms with Gasteiger partial charge >= 0.3 is 0 Å². The molecular formula is C14H21ClO. The minimum atomic E-state index is -0.394. The molecule has 1 N–H and O–H groups in total. The van der Waals surface area contributed by atoms with E-state index in [-0.39, 0.29) is 0 Å². The lowest BCUT2D eigenvalue weighted by Crippen LogP contribution is -2.21. The van der Waals surface area contributed by atoms with Crippen LogP contribution in [0, 0.1) is 23.7 Å². The van der Waals surface area contributed by atoms with Gasteiger partial charge in [-0.05, 0) is 38.0 Å². The molecule has 0 aliphatic heterocycles. The molecule has 90 valence electrons. The Morgan fingerprint density at radius 1 is 1.06 bits per heavy atom. The fourth-order valence-electron chi connectivity index (χ4n) is 2.83. The summed E-state index contributed by atoms with van der Waals surface area (Å²) in [5, 5.41) is 10.3. The fraction of sp³-hybridized carbons (Fsp3) is 0.857. The standard InChI is InChI=1S/C14H21ClO/c15-13-8-6-11(10-13)7-9-14(16)12-4-2-1-3-5-12/h11-14,16H,1-6,8,10H2/t11-,13?,14-/m1/s1. The third-order valence-electron chi connectivity index (χ3n) is 3.90. The van der Waals surface area contributed by atoms with Crippen molar-refractivity contribution in [2.24, 2.45) is 11.8 Å². The number of hydrogen-bond acceptors (Lipinski definition) is 1. The van der Waals surface area contributed by atoms with Crippen LogP contribution in [0.2, 0.25) is 0 Å². The molecule has 0 aromatic carbocycles. The van der Waals surface area contributed by atoms with Gasteiger partial charge in [-0.15, -0.1) is 11.6 Å². The Hall–Kier alpha value is -0.190. The number of halogens is 1. The van der Waals surface area contributed by atoms with Crippen LogP contribution in [0.15, 0.2) is 0 Å². The molecule has 3 atom stereocenters. The number of alkyl halides is 1. The zero-order valence-electron chi connectivity index (χ0n) is 9.79. The van der Waals surface area contributed by atoms with Gasteiger partial charge in [-0.25, -0.2) is 0 Å². The molecule has 0 spiro atoms. The molecular weight excluding hydrogens is 220 g/mol. The van der Waals surface area contributed by atoms with E-state index in [9.17, 15) is 5.11 Å². The average molecular weight is 241 g/mol. The highest BCUT2D eigenvalue weighted by Gasteiger charge is 2.22. The molecule has 2 heteroatoms. The van der Waals surface area contributed by atoms with Crippen LogP contribution in [0.4, 0.5) is 0 Å². The molecule has 1 nitrogen and oxygen atoms in total. The maximum absolute atomic E-state index is 9.99. The lowest BCUT2D eigenvalue weighted by Gasteiger charge is -2.23. The normalized spacial score (nSPS) is 33.1. The van der Waals surface area contributed by atoms with E-state index in [0.29, 0.717) is 17.2 Å². The minimum absolute atomic E-state index is 0.311. The molecule has 0 aromatic rings. The quantitative estimate of drug-likeness (QED) is 0.551. The highest BCUT2D eigenvalue weighted by atomic mass is 35.5. The smallest absolute Gasteiger partial charge is 0.117 e. The second-order valence-corrected chi connectivity index (χ2v) is 5.86. The van der Waals surface area contributed by atoms with Crippen LogP contribution in [-0.2, 0) is 0 Å². The Labute approximate surface area is 104 Å². The lowest BCUT2D eigenvalue weighted by molar-refractivity contribution is 0.133. The molecule has 0 bridgehead atoms. The summed E-state index contributed by atoms with van der Waals surface area (Å²) >= 11 is 6.04. The summed E-state index contributed by atoms with van der Waals surface area (Å²) in [5.74, 6) is 7.14. The van der Waals surface area contributed by atoms with Gasteiger partial charge in [0.05, 0.1) is 0 Å². The Morgan fingerprint density at radius 2 is 1.81 bits per heavy atom. The first kappa shape index (κ1) is 12.3. The van der Waals surface area contributed by atoms with Gasteiger partial charge in [-0.3, -0.25) is 0 Å². The van der Waals surface area contributed by atoms with Gasteiger partial charge in [0, 0.05) is 11.3 Å². The van der Waals surface area contributed by atoms with Crippen LogP contribution < -0.4 is 0 Å². The van der Waals surface area contributed by atoms with Crippen molar-refractivity contribution in [2.45, 2.75) is 62.8 Å². The van der Waals surface area contributed by atoms with E-state index in [1.54, 1.807) is 0 Å². The molecule has 16 heavy (non-hydrogen) atoms. The summed E-state index contributed by atoms with van der Waals surface area (Å²) in [6.07, 6.45) is 8.96. The predicted molar refractivity (Wildman–Crippen MR) is 67.3 cm³/mol. The van der Waals surface area contributed by atoms with Crippen LogP contribution in [0.25, 0.3) is 0 Å². The van der Waals surface area contributed by atoms with E-state index in [4.69, 9.17) is 11.6 Å². The van der Waals surface area contributed by atoms with Crippen LogP contribution in [0.5, 0.6) is 0 Å². The van der Waals surface area contributed by atoms with Crippen LogP contribution in [0.1, 0.15) is 51.4 Å². The Balaban J connectivity index is 1.81. The Morgan fingerprint density at radius 3 is 2.44 bits per heavy atom. The predicted octanol–water partition coefficient (Wildman–Crippen LogP) is 3.34. The van der Waals surface area contributed by atoms with E-state index in [2.05, 4.69) is 11.8 Å². The van der Waals surface area contributed by atoms with Crippen LogP contribution in [-0.4, -0.2) is 16.6 Å². The molecule has 2 saturated carbocycles. The van der Waals surface area contributed by atoms with Gasteiger partial charge in [0.25, 0.3) is 0 Å². The van der Waals surface area contributed by atoms with Crippen molar-refractivity contribution in [1.29, 1.82) is 0 Å². The first-order valence-corrected chi connectivity index (χ1v) is 7.02. The van der Waals surface area contributed by atoms with Crippen molar-refractivity contribution in [2.75, 3.05) is 0 Å². The number of aliphatic hydroxyl groups is 1. The summed E-state index contributed by atoms with van der Waals surface area (Å²) in [7, 11) is 0. The van der Waals surface area contributed by atoms with E-state index < -0.39 is 6.10 Å². The highest BCUT2D eigenvalue weighted by Crippen LogP contribution is 2.29. The summed E-state index contributed by atoms with van der Waals surface area (Å²) in [4.78, 5) is 0. The second kappa shape index (κ2) is 5.94. The Kier molecular flexibility index (Phi) is 4.55. The van der Waals surface area contributed by atoms with Gasteiger partial charge in [-0.2, -0.15) is 0 Å². The first-order valence-electron chi connectivity index (χ1n) is 6.59. The summed E-state index contributed by atoms with van der Waals surface area (Å²) in [5.41, 5.74) is 0. The van der Waals surface area contributed by atoms with Crippen molar-refractivity contribution in [3.05, 3.63) is 0 Å². The highest BCUT2D eigenvalue weighted by molar-refractivity contribution is 6.20. The van der Waals surface area contributed by atoms with E-state index in [1.165, 1.54) is 19.3 Å². The van der Waals surface area contributed by atoms with Crippen LogP contribution >= 0.6 is 11.6 Å². The molecule has 1 unspecified atom stereocenters. The van der Waals surface area contributed by atoms with Crippen molar-refractivity contribution in [3.8, 4) is 11.8 Å². The van der Waals surface area contributed by atoms with Gasteiger partial charge in [-0.1, -0.05) is 31.1 Å². The van der Waals surface area contributed by atoms with Gasteiger partial charge in [0.1, 0.15) is 6.10 Å². The fourth-order valence-corrected chi connectivity index (χ4v) is 3.17. The summed E-state index contributed by atoms with van der Waals surface area (Å²) in [6.45, 7) is 0. The maximum atomic E-state index is 9.99. The monoisotopic (exact) mass is 240 g/mol. The van der Waals surface area contributed by atoms with E-state index in [1.807, 2.05) is 0 Å². The molecule has 0 radical (unpaired) electrons. The molecule has 0 heterocycles. The molecule has 2 fully saturated rings. The molecule has 2 rings (SSSR count). The molecule has 2 aliphatic carbocycles.